The van der Waals surface area contributed by atoms with Gasteiger partial charge in [-0.15, -0.1) is 0 Å². The molecule has 6 nitrogen and oxygen atoms in total. The van der Waals surface area contributed by atoms with Crippen LogP contribution in [0.4, 0.5) is 0 Å². The Morgan fingerprint density at radius 1 is 1.17 bits per heavy atom. The van der Waals surface area contributed by atoms with Crippen LogP contribution < -0.4 is 4.74 Å². The van der Waals surface area contributed by atoms with Gasteiger partial charge < -0.3 is 19.5 Å². The molecule has 0 saturated carbocycles. The molecule has 1 fully saturated rings. The van der Waals surface area contributed by atoms with Gasteiger partial charge in [0.25, 0.3) is 11.7 Å². The number of methoxy groups -OCH3 is 1. The van der Waals surface area contributed by atoms with Crippen LogP contribution >= 0.6 is 11.6 Å². The first-order valence-corrected chi connectivity index (χ1v) is 10.1. The zero-order valence-corrected chi connectivity index (χ0v) is 17.7. The lowest BCUT2D eigenvalue weighted by Gasteiger charge is -2.25. The monoisotopic (exact) mass is 429 g/mol. The molecule has 1 N–H and O–H groups in total. The van der Waals surface area contributed by atoms with Crippen LogP contribution in [0, 0.1) is 0 Å². The number of hydrogen-bond donors (Lipinski definition) is 1. The van der Waals surface area contributed by atoms with Crippen molar-refractivity contribution < 1.29 is 24.2 Å². The second-order valence-electron chi connectivity index (χ2n) is 6.85. The second kappa shape index (κ2) is 9.78. The van der Waals surface area contributed by atoms with Crippen molar-refractivity contribution in [2.75, 3.05) is 26.9 Å². The summed E-state index contributed by atoms with van der Waals surface area (Å²) in [6, 6.07) is 13.0. The van der Waals surface area contributed by atoms with Gasteiger partial charge in [-0.25, -0.2) is 0 Å². The van der Waals surface area contributed by atoms with E-state index in [4.69, 9.17) is 21.1 Å². The maximum atomic E-state index is 12.9. The summed E-state index contributed by atoms with van der Waals surface area (Å²) in [6.07, 6.45) is 0.559. The molecular weight excluding hydrogens is 406 g/mol. The molecule has 0 bridgehead atoms. The maximum absolute atomic E-state index is 12.9. The Morgan fingerprint density at radius 3 is 2.53 bits per heavy atom. The molecule has 3 rings (SSSR count). The molecule has 1 amide bonds. The fourth-order valence-electron chi connectivity index (χ4n) is 3.54. The van der Waals surface area contributed by atoms with Crippen LogP contribution in [0.2, 0.25) is 5.02 Å². The van der Waals surface area contributed by atoms with Crippen molar-refractivity contribution in [2.45, 2.75) is 19.4 Å². The lowest BCUT2D eigenvalue weighted by atomic mass is 9.95. The normalized spacial score (nSPS) is 18.1. The minimum absolute atomic E-state index is 0.0452. The first-order chi connectivity index (χ1) is 14.5. The van der Waals surface area contributed by atoms with Crippen LogP contribution in [-0.4, -0.2) is 48.6 Å². The average molecular weight is 430 g/mol. The highest BCUT2D eigenvalue weighted by atomic mass is 35.5. The number of hydrogen-bond acceptors (Lipinski definition) is 5. The molecule has 158 valence electrons. The van der Waals surface area contributed by atoms with E-state index in [1.807, 2.05) is 6.92 Å². The Kier molecular flexibility index (Phi) is 7.13. The SMILES string of the molecule is CCOc1ccc(C(O)=C2C(=O)C(=O)N(CCCOC)[C@H]2c2cccc(Cl)c2)cc1. The van der Waals surface area contributed by atoms with E-state index in [1.54, 1.807) is 55.6 Å². The van der Waals surface area contributed by atoms with Gasteiger partial charge >= 0.3 is 0 Å². The maximum Gasteiger partial charge on any atom is 0.295 e. The summed E-state index contributed by atoms with van der Waals surface area (Å²) in [4.78, 5) is 27.2. The van der Waals surface area contributed by atoms with Crippen LogP contribution in [-0.2, 0) is 14.3 Å². The number of aliphatic hydroxyl groups is 1. The summed E-state index contributed by atoms with van der Waals surface area (Å²) in [5, 5.41) is 11.5. The largest absolute Gasteiger partial charge is 0.507 e. The Morgan fingerprint density at radius 2 is 1.90 bits per heavy atom. The van der Waals surface area contributed by atoms with Crippen molar-refractivity contribution in [3.05, 3.63) is 70.3 Å². The van der Waals surface area contributed by atoms with Crippen molar-refractivity contribution in [3.63, 3.8) is 0 Å². The molecule has 0 aromatic heterocycles. The molecular formula is C23H24ClNO5. The number of Topliss-reactive ketones (excluding diaryl/α,β-unsaturated/α-hetero) is 1. The summed E-state index contributed by atoms with van der Waals surface area (Å²) < 4.78 is 10.5. The molecule has 1 atom stereocenters. The summed E-state index contributed by atoms with van der Waals surface area (Å²) in [5.41, 5.74) is 1.14. The lowest BCUT2D eigenvalue weighted by molar-refractivity contribution is -0.140. The number of ether oxygens (including phenoxy) is 2. The molecule has 0 unspecified atom stereocenters. The number of nitrogens with zero attached hydrogens (tertiary/aromatic N) is 1. The van der Waals surface area contributed by atoms with E-state index in [9.17, 15) is 14.7 Å². The van der Waals surface area contributed by atoms with Gasteiger partial charge in [0, 0.05) is 30.8 Å². The van der Waals surface area contributed by atoms with Gasteiger partial charge in [-0.05, 0) is 55.3 Å². The summed E-state index contributed by atoms with van der Waals surface area (Å²) in [6.45, 7) is 3.16. The molecule has 1 saturated heterocycles. The molecule has 30 heavy (non-hydrogen) atoms. The third-order valence-electron chi connectivity index (χ3n) is 4.89. The Bertz CT molecular complexity index is 954. The van der Waals surface area contributed by atoms with Gasteiger partial charge in [0.2, 0.25) is 0 Å². The molecule has 0 radical (unpaired) electrons. The molecule has 2 aromatic rings. The molecule has 0 spiro atoms. The van der Waals surface area contributed by atoms with Crippen LogP contribution in [0.1, 0.15) is 30.5 Å². The first-order valence-electron chi connectivity index (χ1n) is 9.74. The molecule has 2 aromatic carbocycles. The minimum atomic E-state index is -0.730. The zero-order valence-electron chi connectivity index (χ0n) is 16.9. The van der Waals surface area contributed by atoms with Gasteiger partial charge in [-0.2, -0.15) is 0 Å². The quantitative estimate of drug-likeness (QED) is 0.294. The number of likely N-dealkylation sites (tertiary alicyclic amines) is 1. The Balaban J connectivity index is 2.07. The fraction of sp³-hybridized carbons (Fsp3) is 0.304. The Labute approximate surface area is 180 Å². The van der Waals surface area contributed by atoms with Gasteiger partial charge in [0.05, 0.1) is 18.2 Å². The van der Waals surface area contributed by atoms with Crippen LogP contribution in [0.3, 0.4) is 0 Å². The van der Waals surface area contributed by atoms with Crippen molar-refractivity contribution in [1.29, 1.82) is 0 Å². The van der Waals surface area contributed by atoms with Crippen molar-refractivity contribution in [3.8, 4) is 5.75 Å². The number of halogens is 1. The lowest BCUT2D eigenvalue weighted by Crippen LogP contribution is -2.31. The topological polar surface area (TPSA) is 76.1 Å². The third kappa shape index (κ3) is 4.50. The predicted molar refractivity (Wildman–Crippen MR) is 115 cm³/mol. The summed E-state index contributed by atoms with van der Waals surface area (Å²) in [5.74, 6) is -0.941. The van der Waals surface area contributed by atoms with E-state index in [1.165, 1.54) is 4.90 Å². The molecule has 1 aliphatic heterocycles. The highest BCUT2D eigenvalue weighted by Crippen LogP contribution is 2.40. The molecule has 0 aliphatic carbocycles. The van der Waals surface area contributed by atoms with E-state index in [0.29, 0.717) is 48.1 Å². The van der Waals surface area contributed by atoms with Crippen LogP contribution in [0.15, 0.2) is 54.1 Å². The molecule has 1 heterocycles. The van der Waals surface area contributed by atoms with Gasteiger partial charge in [0.15, 0.2) is 0 Å². The van der Waals surface area contributed by atoms with E-state index >= 15 is 0 Å². The minimum Gasteiger partial charge on any atom is -0.507 e. The van der Waals surface area contributed by atoms with Crippen LogP contribution in [0.5, 0.6) is 5.75 Å². The number of amides is 1. The first kappa shape index (κ1) is 21.9. The predicted octanol–water partition coefficient (Wildman–Crippen LogP) is 4.20. The number of aliphatic hydroxyl groups excluding tert-OH is 1. The smallest absolute Gasteiger partial charge is 0.295 e. The van der Waals surface area contributed by atoms with E-state index in [-0.39, 0.29) is 11.3 Å². The summed E-state index contributed by atoms with van der Waals surface area (Å²) >= 11 is 6.16. The standard InChI is InChI=1S/C23H24ClNO5/c1-3-30-18-10-8-15(9-11-18)21(26)19-20(16-6-4-7-17(24)14-16)25(12-5-13-29-2)23(28)22(19)27/h4,6-11,14,20,26H,3,5,12-13H2,1-2H3/t20-/m0/s1. The van der Waals surface area contributed by atoms with Crippen molar-refractivity contribution in [2.24, 2.45) is 0 Å². The van der Waals surface area contributed by atoms with Crippen LogP contribution in [0.25, 0.3) is 5.76 Å². The number of carbonyl (C=O) groups is 2. The highest BCUT2D eigenvalue weighted by molar-refractivity contribution is 6.46. The summed E-state index contributed by atoms with van der Waals surface area (Å²) in [7, 11) is 1.58. The highest BCUT2D eigenvalue weighted by Gasteiger charge is 2.45. The fourth-order valence-corrected chi connectivity index (χ4v) is 3.74. The van der Waals surface area contributed by atoms with Crippen molar-refractivity contribution >= 4 is 29.1 Å². The molecule has 7 heteroatoms. The zero-order chi connectivity index (χ0) is 21.7. The van der Waals surface area contributed by atoms with Gasteiger partial charge in [-0.3, -0.25) is 9.59 Å². The molecule has 1 aliphatic rings. The number of rotatable bonds is 8. The van der Waals surface area contributed by atoms with E-state index < -0.39 is 17.7 Å². The number of ketones is 1. The average Bonchev–Trinajstić information content (AvgIpc) is 2.99. The third-order valence-corrected chi connectivity index (χ3v) is 5.13. The Hall–Kier alpha value is -2.83. The van der Waals surface area contributed by atoms with Crippen molar-refractivity contribution in [1.82, 2.24) is 4.90 Å². The van der Waals surface area contributed by atoms with Gasteiger partial charge in [-0.1, -0.05) is 23.7 Å². The number of benzene rings is 2. The van der Waals surface area contributed by atoms with Gasteiger partial charge in [0.1, 0.15) is 11.5 Å². The second-order valence-corrected chi connectivity index (χ2v) is 7.29. The van der Waals surface area contributed by atoms with E-state index in [0.717, 1.165) is 0 Å². The van der Waals surface area contributed by atoms with E-state index in [2.05, 4.69) is 0 Å². The number of carbonyl (C=O) groups excluding carboxylic acids is 2.